The Morgan fingerprint density at radius 3 is 2.61 bits per heavy atom. The fourth-order valence-corrected chi connectivity index (χ4v) is 4.22. The van der Waals surface area contributed by atoms with Crippen molar-refractivity contribution < 1.29 is 9.90 Å². The third kappa shape index (κ3) is 1.58. The van der Waals surface area contributed by atoms with Crippen molar-refractivity contribution in [1.29, 1.82) is 0 Å². The fourth-order valence-electron chi connectivity index (χ4n) is 4.22. The van der Waals surface area contributed by atoms with E-state index in [-0.39, 0.29) is 5.75 Å². The summed E-state index contributed by atoms with van der Waals surface area (Å²) in [6.45, 7) is 4.74. The van der Waals surface area contributed by atoms with Gasteiger partial charge in [-0.05, 0) is 60.1 Å². The molecule has 3 rings (SSSR count). The lowest BCUT2D eigenvalue weighted by molar-refractivity contribution is 0.112. The van der Waals surface area contributed by atoms with Crippen LogP contribution < -0.4 is 0 Å². The topological polar surface area (TPSA) is 37.3 Å². The maximum Gasteiger partial charge on any atom is 0.153 e. The first kappa shape index (κ1) is 11.8. The average Bonchev–Trinajstić information content (AvgIpc) is 2.91. The normalized spacial score (nSPS) is 38.0. The minimum atomic E-state index is 0.0957. The molecule has 2 saturated carbocycles. The second-order valence-electron chi connectivity index (χ2n) is 6.16. The number of carbonyl (C=O) groups excluding carboxylic acids is 1. The second-order valence-corrected chi connectivity index (χ2v) is 6.16. The van der Waals surface area contributed by atoms with Crippen LogP contribution in [0.3, 0.4) is 0 Å². The van der Waals surface area contributed by atoms with E-state index in [2.05, 4.69) is 13.8 Å². The van der Waals surface area contributed by atoms with Gasteiger partial charge in [-0.3, -0.25) is 4.79 Å². The van der Waals surface area contributed by atoms with Crippen LogP contribution in [0.25, 0.3) is 0 Å². The lowest BCUT2D eigenvalue weighted by Crippen LogP contribution is -2.23. The van der Waals surface area contributed by atoms with E-state index in [1.807, 2.05) is 12.1 Å². The standard InChI is InChI=1S/C16H20O2/c1-9-10(2)14-6-12(9)7-15(14)11-3-4-16(18)13(5-11)8-17/h3-5,8-10,12,14-15,18H,6-7H2,1-2H3. The van der Waals surface area contributed by atoms with Crippen LogP contribution in [0.2, 0.25) is 0 Å². The fraction of sp³-hybridized carbons (Fsp3) is 0.562. The van der Waals surface area contributed by atoms with Gasteiger partial charge in [-0.2, -0.15) is 0 Å². The molecule has 2 bridgehead atoms. The molecule has 0 amide bonds. The van der Waals surface area contributed by atoms with Gasteiger partial charge in [-0.15, -0.1) is 0 Å². The van der Waals surface area contributed by atoms with E-state index in [4.69, 9.17) is 0 Å². The van der Waals surface area contributed by atoms with Gasteiger partial charge in [0.2, 0.25) is 0 Å². The maximum atomic E-state index is 10.9. The highest BCUT2D eigenvalue weighted by Crippen LogP contribution is 2.58. The molecule has 18 heavy (non-hydrogen) atoms. The van der Waals surface area contributed by atoms with Crippen LogP contribution in [0.4, 0.5) is 0 Å². The number of hydrogen-bond acceptors (Lipinski definition) is 2. The molecule has 1 aromatic carbocycles. The number of aldehydes is 1. The maximum absolute atomic E-state index is 10.9. The van der Waals surface area contributed by atoms with Crippen LogP contribution in [-0.4, -0.2) is 11.4 Å². The number of phenols is 1. The van der Waals surface area contributed by atoms with Gasteiger partial charge in [0.25, 0.3) is 0 Å². The highest BCUT2D eigenvalue weighted by Gasteiger charge is 2.48. The van der Waals surface area contributed by atoms with Gasteiger partial charge in [0.1, 0.15) is 5.75 Å². The van der Waals surface area contributed by atoms with E-state index in [9.17, 15) is 9.90 Å². The number of carbonyl (C=O) groups is 1. The number of phenolic OH excluding ortho intramolecular Hbond substituents is 1. The van der Waals surface area contributed by atoms with Gasteiger partial charge < -0.3 is 5.11 Å². The second kappa shape index (κ2) is 4.11. The number of benzene rings is 1. The molecule has 5 unspecified atom stereocenters. The van der Waals surface area contributed by atoms with Crippen LogP contribution >= 0.6 is 0 Å². The van der Waals surface area contributed by atoms with Gasteiger partial charge in [-0.1, -0.05) is 19.9 Å². The summed E-state index contributed by atoms with van der Waals surface area (Å²) in [5, 5.41) is 9.57. The Balaban J connectivity index is 1.91. The predicted molar refractivity (Wildman–Crippen MR) is 70.8 cm³/mol. The molecule has 2 aliphatic rings. The highest BCUT2D eigenvalue weighted by molar-refractivity contribution is 5.79. The molecule has 0 saturated heterocycles. The molecule has 1 N–H and O–H groups in total. The summed E-state index contributed by atoms with van der Waals surface area (Å²) in [5.74, 6) is 3.91. The summed E-state index contributed by atoms with van der Waals surface area (Å²) in [6.07, 6.45) is 3.33. The van der Waals surface area contributed by atoms with E-state index in [0.717, 1.165) is 30.0 Å². The summed E-state index contributed by atoms with van der Waals surface area (Å²) in [5.41, 5.74) is 1.66. The third-order valence-corrected chi connectivity index (χ3v) is 5.50. The number of rotatable bonds is 2. The van der Waals surface area contributed by atoms with E-state index in [1.165, 1.54) is 18.4 Å². The number of hydrogen-bond donors (Lipinski definition) is 1. The van der Waals surface area contributed by atoms with E-state index in [0.29, 0.717) is 11.5 Å². The molecule has 2 fully saturated rings. The summed E-state index contributed by atoms with van der Waals surface area (Å²) in [4.78, 5) is 10.9. The monoisotopic (exact) mass is 244 g/mol. The van der Waals surface area contributed by atoms with Crippen molar-refractivity contribution in [1.82, 2.24) is 0 Å². The molecule has 0 radical (unpaired) electrons. The largest absolute Gasteiger partial charge is 0.507 e. The summed E-state index contributed by atoms with van der Waals surface area (Å²) >= 11 is 0. The molecule has 2 aliphatic carbocycles. The third-order valence-electron chi connectivity index (χ3n) is 5.50. The lowest BCUT2D eigenvalue weighted by atomic mass is 9.73. The van der Waals surface area contributed by atoms with Crippen molar-refractivity contribution in [3.05, 3.63) is 29.3 Å². The number of fused-ring (bicyclic) bond motifs is 2. The Hall–Kier alpha value is -1.31. The molecule has 1 aromatic rings. The molecule has 0 aliphatic heterocycles. The zero-order valence-electron chi connectivity index (χ0n) is 11.0. The molecule has 2 heteroatoms. The van der Waals surface area contributed by atoms with Crippen molar-refractivity contribution in [3.8, 4) is 5.75 Å². The minimum absolute atomic E-state index is 0.0957. The molecular formula is C16H20O2. The van der Waals surface area contributed by atoms with Crippen LogP contribution in [0, 0.1) is 23.7 Å². The lowest BCUT2D eigenvalue weighted by Gasteiger charge is -2.32. The van der Waals surface area contributed by atoms with Crippen LogP contribution in [0.5, 0.6) is 5.75 Å². The molecule has 0 aromatic heterocycles. The Morgan fingerprint density at radius 1 is 1.22 bits per heavy atom. The van der Waals surface area contributed by atoms with Gasteiger partial charge in [0.15, 0.2) is 6.29 Å². The van der Waals surface area contributed by atoms with Crippen LogP contribution in [0.15, 0.2) is 18.2 Å². The Labute approximate surface area is 108 Å². The summed E-state index contributed by atoms with van der Waals surface area (Å²) < 4.78 is 0. The zero-order chi connectivity index (χ0) is 12.9. The molecule has 0 heterocycles. The van der Waals surface area contributed by atoms with Gasteiger partial charge in [-0.25, -0.2) is 0 Å². The van der Waals surface area contributed by atoms with Crippen molar-refractivity contribution in [3.63, 3.8) is 0 Å². The minimum Gasteiger partial charge on any atom is -0.507 e. The summed E-state index contributed by atoms with van der Waals surface area (Å²) in [7, 11) is 0. The molecule has 96 valence electrons. The van der Waals surface area contributed by atoms with Crippen LogP contribution in [0.1, 0.15) is 48.5 Å². The average molecular weight is 244 g/mol. The predicted octanol–water partition coefficient (Wildman–Crippen LogP) is 3.60. The summed E-state index contributed by atoms with van der Waals surface area (Å²) in [6, 6.07) is 5.54. The Kier molecular flexibility index (Phi) is 2.69. The molecule has 2 nitrogen and oxygen atoms in total. The SMILES string of the molecule is CC1C2CC(c3ccc(O)c(C=O)c3)C(C2)C1C. The molecule has 5 atom stereocenters. The highest BCUT2D eigenvalue weighted by atomic mass is 16.3. The van der Waals surface area contributed by atoms with E-state index < -0.39 is 0 Å². The van der Waals surface area contributed by atoms with E-state index >= 15 is 0 Å². The molecule has 0 spiro atoms. The number of aromatic hydroxyl groups is 1. The smallest absolute Gasteiger partial charge is 0.153 e. The van der Waals surface area contributed by atoms with Crippen molar-refractivity contribution >= 4 is 6.29 Å². The first-order valence-corrected chi connectivity index (χ1v) is 6.90. The van der Waals surface area contributed by atoms with Gasteiger partial charge in [0, 0.05) is 0 Å². The van der Waals surface area contributed by atoms with Crippen molar-refractivity contribution in [2.45, 2.75) is 32.6 Å². The first-order valence-electron chi connectivity index (χ1n) is 6.90. The van der Waals surface area contributed by atoms with Crippen molar-refractivity contribution in [2.24, 2.45) is 23.7 Å². The van der Waals surface area contributed by atoms with Crippen LogP contribution in [-0.2, 0) is 0 Å². The van der Waals surface area contributed by atoms with Gasteiger partial charge in [0.05, 0.1) is 5.56 Å². The Bertz CT molecular complexity index is 478. The Morgan fingerprint density at radius 2 is 2.00 bits per heavy atom. The quantitative estimate of drug-likeness (QED) is 0.807. The zero-order valence-corrected chi connectivity index (χ0v) is 11.0. The van der Waals surface area contributed by atoms with E-state index in [1.54, 1.807) is 6.07 Å². The first-order chi connectivity index (χ1) is 8.61. The van der Waals surface area contributed by atoms with Crippen molar-refractivity contribution in [2.75, 3.05) is 0 Å². The molecular weight excluding hydrogens is 224 g/mol. The van der Waals surface area contributed by atoms with Gasteiger partial charge >= 0.3 is 0 Å².